The van der Waals surface area contributed by atoms with Gasteiger partial charge < -0.3 is 15.4 Å². The molecule has 23 heavy (non-hydrogen) atoms. The van der Waals surface area contributed by atoms with Gasteiger partial charge in [-0.25, -0.2) is 0 Å². The van der Waals surface area contributed by atoms with E-state index < -0.39 is 10.7 Å². The second-order valence-electron chi connectivity index (χ2n) is 4.47. The van der Waals surface area contributed by atoms with Crippen molar-refractivity contribution in [1.82, 2.24) is 10.6 Å². The van der Waals surface area contributed by atoms with Crippen molar-refractivity contribution in [2.75, 3.05) is 19.7 Å². The Bertz CT molecular complexity index is 544. The molecule has 0 aliphatic heterocycles. The summed E-state index contributed by atoms with van der Waals surface area (Å²) < 4.78 is 6.38. The fraction of sp³-hybridized carbons (Fsp3) is 0.429. The normalized spacial score (nSPS) is 10.5. The number of hydrogen-bond acceptors (Lipinski definition) is 3. The van der Waals surface area contributed by atoms with E-state index in [-0.39, 0.29) is 12.5 Å². The quantitative estimate of drug-likeness (QED) is 0.452. The molecule has 0 unspecified atom stereocenters. The lowest BCUT2D eigenvalue weighted by atomic mass is 10.3. The smallest absolute Gasteiger partial charge is 0.253 e. The number of carbonyl (C=O) groups is 2. The molecule has 0 saturated carbocycles. The number of benzene rings is 1. The second kappa shape index (κ2) is 11.0. The molecule has 2 N–H and O–H groups in total. The topological polar surface area (TPSA) is 67.4 Å². The third-order valence-corrected chi connectivity index (χ3v) is 3.83. The Labute approximate surface area is 158 Å². The van der Waals surface area contributed by atoms with Crippen LogP contribution in [0.4, 0.5) is 0 Å². The number of nitrogens with one attached hydrogen (secondary N) is 2. The van der Waals surface area contributed by atoms with Gasteiger partial charge in [0.2, 0.25) is 5.91 Å². The Balaban J connectivity index is 2.11. The van der Waals surface area contributed by atoms with Crippen LogP contribution in [0.1, 0.15) is 12.8 Å². The first-order valence-corrected chi connectivity index (χ1v) is 8.85. The zero-order chi connectivity index (χ0) is 17.2. The molecule has 5 nitrogen and oxygen atoms in total. The standard InChI is InChI=1S/C14H16BrCl3N2O3/c15-9-3-4-11(10(16)8-9)23-7-1-2-12(21)19-5-6-20-14(22)13(17)18/h3-4,8,13H,1-2,5-7H2,(H,19,21)(H,20,22). The Morgan fingerprint density at radius 3 is 2.57 bits per heavy atom. The monoisotopic (exact) mass is 444 g/mol. The molecule has 2 amide bonds. The van der Waals surface area contributed by atoms with Gasteiger partial charge in [0.25, 0.3) is 5.91 Å². The lowest BCUT2D eigenvalue weighted by Gasteiger charge is -2.09. The van der Waals surface area contributed by atoms with Crippen molar-refractivity contribution in [2.24, 2.45) is 0 Å². The van der Waals surface area contributed by atoms with E-state index in [4.69, 9.17) is 39.5 Å². The first-order chi connectivity index (χ1) is 10.9. The van der Waals surface area contributed by atoms with Crippen LogP contribution in [0.3, 0.4) is 0 Å². The zero-order valence-electron chi connectivity index (χ0n) is 12.1. The Morgan fingerprint density at radius 2 is 1.91 bits per heavy atom. The minimum Gasteiger partial charge on any atom is -0.492 e. The molecule has 0 aliphatic rings. The minimum absolute atomic E-state index is 0.127. The summed E-state index contributed by atoms with van der Waals surface area (Å²) in [7, 11) is 0. The molecule has 9 heteroatoms. The highest BCUT2D eigenvalue weighted by molar-refractivity contribution is 9.10. The van der Waals surface area contributed by atoms with Crippen LogP contribution in [0.5, 0.6) is 5.75 Å². The molecule has 1 aromatic carbocycles. The first-order valence-electron chi connectivity index (χ1n) is 6.80. The highest BCUT2D eigenvalue weighted by atomic mass is 79.9. The van der Waals surface area contributed by atoms with Gasteiger partial charge in [-0.15, -0.1) is 0 Å². The number of amides is 2. The van der Waals surface area contributed by atoms with Crippen molar-refractivity contribution in [1.29, 1.82) is 0 Å². The Hall–Kier alpha value is -0.690. The third kappa shape index (κ3) is 8.65. The second-order valence-corrected chi connectivity index (χ2v) is 6.89. The van der Waals surface area contributed by atoms with E-state index in [9.17, 15) is 9.59 Å². The van der Waals surface area contributed by atoms with Gasteiger partial charge in [-0.2, -0.15) is 0 Å². The van der Waals surface area contributed by atoms with Crippen molar-refractivity contribution in [3.05, 3.63) is 27.7 Å². The van der Waals surface area contributed by atoms with E-state index in [1.165, 1.54) is 0 Å². The third-order valence-electron chi connectivity index (χ3n) is 2.64. The molecule has 128 valence electrons. The maximum atomic E-state index is 11.6. The zero-order valence-corrected chi connectivity index (χ0v) is 15.9. The van der Waals surface area contributed by atoms with Gasteiger partial charge in [0.15, 0.2) is 4.84 Å². The summed E-state index contributed by atoms with van der Waals surface area (Å²) in [5, 5.41) is 5.65. The average Bonchev–Trinajstić information content (AvgIpc) is 2.49. The van der Waals surface area contributed by atoms with Crippen LogP contribution < -0.4 is 15.4 Å². The van der Waals surface area contributed by atoms with Crippen molar-refractivity contribution in [3.8, 4) is 5.75 Å². The first kappa shape index (κ1) is 20.4. The number of halogens is 4. The van der Waals surface area contributed by atoms with Crippen molar-refractivity contribution in [3.63, 3.8) is 0 Å². The fourth-order valence-corrected chi connectivity index (χ4v) is 2.44. The summed E-state index contributed by atoms with van der Waals surface area (Å²) in [5.74, 6) is -0.0323. The van der Waals surface area contributed by atoms with Crippen molar-refractivity contribution in [2.45, 2.75) is 17.7 Å². The van der Waals surface area contributed by atoms with Gasteiger partial charge in [0, 0.05) is 24.0 Å². The number of ether oxygens (including phenoxy) is 1. The van der Waals surface area contributed by atoms with Gasteiger partial charge in [-0.05, 0) is 24.6 Å². The van der Waals surface area contributed by atoms with Crippen LogP contribution in [-0.2, 0) is 9.59 Å². The van der Waals surface area contributed by atoms with Crippen LogP contribution >= 0.6 is 50.7 Å². The molecule has 0 saturated heterocycles. The van der Waals surface area contributed by atoms with E-state index in [0.717, 1.165) is 4.47 Å². The molecule has 0 aromatic heterocycles. The summed E-state index contributed by atoms with van der Waals surface area (Å²) >= 11 is 20.1. The summed E-state index contributed by atoms with van der Waals surface area (Å²) in [6.07, 6.45) is 0.867. The Kier molecular flexibility index (Phi) is 9.71. The Morgan fingerprint density at radius 1 is 1.22 bits per heavy atom. The molecule has 0 bridgehead atoms. The predicted octanol–water partition coefficient (Wildman–Crippen LogP) is 3.30. The van der Waals surface area contributed by atoms with Gasteiger partial charge in [0.1, 0.15) is 5.75 Å². The van der Waals surface area contributed by atoms with Crippen LogP contribution in [0, 0.1) is 0 Å². The summed E-state index contributed by atoms with van der Waals surface area (Å²) in [6.45, 7) is 0.960. The SMILES string of the molecule is O=C(CCCOc1ccc(Br)cc1Cl)NCCNC(=O)C(Cl)Cl. The highest BCUT2D eigenvalue weighted by Crippen LogP contribution is 2.27. The van der Waals surface area contributed by atoms with Crippen molar-refractivity contribution >= 4 is 62.5 Å². The lowest BCUT2D eigenvalue weighted by Crippen LogP contribution is -2.36. The lowest BCUT2D eigenvalue weighted by molar-refractivity contribution is -0.122. The maximum absolute atomic E-state index is 11.6. The molecule has 0 spiro atoms. The number of carbonyl (C=O) groups excluding carboxylic acids is 2. The molecule has 0 fully saturated rings. The van der Waals surface area contributed by atoms with Gasteiger partial charge in [-0.3, -0.25) is 9.59 Å². The van der Waals surface area contributed by atoms with Crippen LogP contribution in [-0.4, -0.2) is 36.3 Å². The average molecular weight is 447 g/mol. The summed E-state index contributed by atoms with van der Waals surface area (Å²) in [5.41, 5.74) is 0. The van der Waals surface area contributed by atoms with Crippen LogP contribution in [0.2, 0.25) is 5.02 Å². The number of alkyl halides is 2. The minimum atomic E-state index is -1.10. The molecule has 0 atom stereocenters. The molecule has 0 aliphatic carbocycles. The van der Waals surface area contributed by atoms with Gasteiger partial charge >= 0.3 is 0 Å². The molecule has 0 radical (unpaired) electrons. The maximum Gasteiger partial charge on any atom is 0.253 e. The number of hydrogen-bond donors (Lipinski definition) is 2. The van der Waals surface area contributed by atoms with E-state index >= 15 is 0 Å². The number of rotatable bonds is 9. The summed E-state index contributed by atoms with van der Waals surface area (Å²) in [6, 6.07) is 5.33. The highest BCUT2D eigenvalue weighted by Gasteiger charge is 2.10. The van der Waals surface area contributed by atoms with Gasteiger partial charge in [-0.1, -0.05) is 50.7 Å². The fourth-order valence-electron chi connectivity index (χ4n) is 1.56. The van der Waals surface area contributed by atoms with E-state index in [1.807, 2.05) is 6.07 Å². The van der Waals surface area contributed by atoms with Crippen LogP contribution in [0.25, 0.3) is 0 Å². The van der Waals surface area contributed by atoms with Gasteiger partial charge in [0.05, 0.1) is 11.6 Å². The van der Waals surface area contributed by atoms with Crippen molar-refractivity contribution < 1.29 is 14.3 Å². The molecule has 0 heterocycles. The molecule has 1 rings (SSSR count). The van der Waals surface area contributed by atoms with E-state index in [2.05, 4.69) is 26.6 Å². The van der Waals surface area contributed by atoms with E-state index in [0.29, 0.717) is 36.8 Å². The molecular formula is C14H16BrCl3N2O3. The van der Waals surface area contributed by atoms with E-state index in [1.54, 1.807) is 12.1 Å². The largest absolute Gasteiger partial charge is 0.492 e. The summed E-state index contributed by atoms with van der Waals surface area (Å²) in [4.78, 5) is 21.5. The molecule has 1 aromatic rings. The van der Waals surface area contributed by atoms with Crippen LogP contribution in [0.15, 0.2) is 22.7 Å². The predicted molar refractivity (Wildman–Crippen MR) is 95.4 cm³/mol. The molecular weight excluding hydrogens is 430 g/mol.